The summed E-state index contributed by atoms with van der Waals surface area (Å²) >= 11 is 0. The number of aliphatic imine (C=N–C) groups is 1. The Balaban J connectivity index is 0.00000306. The summed E-state index contributed by atoms with van der Waals surface area (Å²) in [6.07, 6.45) is 1.64. The molecule has 0 saturated carbocycles. The number of rotatable bonds is 7. The van der Waals surface area contributed by atoms with E-state index in [9.17, 15) is 0 Å². The van der Waals surface area contributed by atoms with Crippen molar-refractivity contribution in [2.75, 3.05) is 66.0 Å². The third-order valence-corrected chi connectivity index (χ3v) is 6.62. The van der Waals surface area contributed by atoms with Gasteiger partial charge in [0.05, 0.1) is 5.69 Å². The van der Waals surface area contributed by atoms with Gasteiger partial charge in [-0.1, -0.05) is 36.3 Å². The molecule has 9 heteroatoms. The molecule has 4 rings (SSSR count). The predicted molar refractivity (Wildman–Crippen MR) is 143 cm³/mol. The molecular formula is C24H38IN7O. The molecule has 2 fully saturated rings. The summed E-state index contributed by atoms with van der Waals surface area (Å²) in [4.78, 5) is 14.4. The molecule has 0 unspecified atom stereocenters. The summed E-state index contributed by atoms with van der Waals surface area (Å²) in [6.45, 7) is 14.6. The van der Waals surface area contributed by atoms with Gasteiger partial charge < -0.3 is 19.6 Å². The van der Waals surface area contributed by atoms with Crippen LogP contribution in [0.2, 0.25) is 0 Å². The third-order valence-electron chi connectivity index (χ3n) is 6.62. The summed E-state index contributed by atoms with van der Waals surface area (Å²) in [5.41, 5.74) is 3.77. The van der Waals surface area contributed by atoms with Gasteiger partial charge in [-0.2, -0.15) is 0 Å². The topological polar surface area (TPSA) is 63.4 Å². The highest BCUT2D eigenvalue weighted by atomic mass is 127. The van der Waals surface area contributed by atoms with Crippen LogP contribution >= 0.6 is 24.0 Å². The number of hydrogen-bond acceptors (Lipinski definition) is 6. The maximum absolute atomic E-state index is 4.95. The molecule has 1 N–H and O–H groups in total. The highest BCUT2D eigenvalue weighted by Gasteiger charge is 2.21. The SMILES string of the molecule is CCN1CCN(Cc2ccccc2CNC(=NC)N2CCN(Cc3ccon3)CC2)CC1.I. The maximum atomic E-state index is 4.95. The lowest BCUT2D eigenvalue weighted by molar-refractivity contribution is 0.131. The van der Waals surface area contributed by atoms with Crippen LogP contribution < -0.4 is 5.32 Å². The van der Waals surface area contributed by atoms with Crippen LogP contribution in [0.5, 0.6) is 0 Å². The average molecular weight is 568 g/mol. The number of likely N-dealkylation sites (N-methyl/N-ethyl adjacent to an activating group) is 1. The molecule has 2 aromatic rings. The molecule has 1 aromatic carbocycles. The Hall–Kier alpha value is -1.69. The van der Waals surface area contributed by atoms with Gasteiger partial charge in [0.2, 0.25) is 0 Å². The monoisotopic (exact) mass is 567 g/mol. The zero-order valence-electron chi connectivity index (χ0n) is 19.9. The fourth-order valence-electron chi connectivity index (χ4n) is 4.56. The number of guanidine groups is 1. The Morgan fingerprint density at radius 3 is 2.18 bits per heavy atom. The van der Waals surface area contributed by atoms with Crippen molar-refractivity contribution in [1.29, 1.82) is 0 Å². The van der Waals surface area contributed by atoms with Crippen LogP contribution in [0.1, 0.15) is 23.7 Å². The number of aromatic nitrogens is 1. The molecule has 0 spiro atoms. The Kier molecular flexibility index (Phi) is 10.4. The minimum atomic E-state index is 0. The number of benzene rings is 1. The molecule has 0 bridgehead atoms. The maximum Gasteiger partial charge on any atom is 0.194 e. The van der Waals surface area contributed by atoms with Crippen LogP contribution in [0.15, 0.2) is 46.1 Å². The van der Waals surface area contributed by atoms with E-state index in [0.717, 1.165) is 77.1 Å². The van der Waals surface area contributed by atoms with E-state index < -0.39 is 0 Å². The fraction of sp³-hybridized carbons (Fsp3) is 0.583. The highest BCUT2D eigenvalue weighted by Crippen LogP contribution is 2.14. The highest BCUT2D eigenvalue weighted by molar-refractivity contribution is 14.0. The van der Waals surface area contributed by atoms with E-state index >= 15 is 0 Å². The van der Waals surface area contributed by atoms with Crippen LogP contribution in [-0.2, 0) is 19.6 Å². The molecule has 1 aromatic heterocycles. The summed E-state index contributed by atoms with van der Waals surface area (Å²) in [6, 6.07) is 10.8. The summed E-state index contributed by atoms with van der Waals surface area (Å²) in [5, 5.41) is 7.64. The van der Waals surface area contributed by atoms with Crippen molar-refractivity contribution in [3.8, 4) is 0 Å². The van der Waals surface area contributed by atoms with E-state index in [0.29, 0.717) is 0 Å². The van der Waals surface area contributed by atoms with Crippen LogP contribution in [-0.4, -0.2) is 96.7 Å². The number of nitrogens with one attached hydrogen (secondary N) is 1. The van der Waals surface area contributed by atoms with Gasteiger partial charge in [0.1, 0.15) is 6.26 Å². The van der Waals surface area contributed by atoms with Gasteiger partial charge >= 0.3 is 0 Å². The van der Waals surface area contributed by atoms with Crippen LogP contribution in [0, 0.1) is 0 Å². The molecule has 8 nitrogen and oxygen atoms in total. The van der Waals surface area contributed by atoms with E-state index in [2.05, 4.69) is 66.3 Å². The zero-order chi connectivity index (χ0) is 22.2. The molecule has 0 aliphatic carbocycles. The molecule has 0 atom stereocenters. The fourth-order valence-corrected chi connectivity index (χ4v) is 4.56. The molecule has 2 aliphatic rings. The Labute approximate surface area is 215 Å². The van der Waals surface area contributed by atoms with Crippen molar-refractivity contribution >= 4 is 29.9 Å². The first kappa shape index (κ1) is 25.9. The van der Waals surface area contributed by atoms with E-state index in [1.54, 1.807) is 6.26 Å². The van der Waals surface area contributed by atoms with Crippen LogP contribution in [0.25, 0.3) is 0 Å². The third kappa shape index (κ3) is 7.40. The van der Waals surface area contributed by atoms with Gasteiger partial charge in [-0.05, 0) is 17.7 Å². The molecule has 182 valence electrons. The molecule has 2 saturated heterocycles. The van der Waals surface area contributed by atoms with E-state index in [-0.39, 0.29) is 24.0 Å². The standard InChI is InChI=1S/C24H37N7O.HI/c1-3-28-9-11-29(12-10-28)19-22-7-5-4-6-21(22)18-26-24(25-2)31-15-13-30(14-16-31)20-23-8-17-32-27-23;/h4-8,17H,3,9-16,18-20H2,1-2H3,(H,25,26);1H. The van der Waals surface area contributed by atoms with Gasteiger partial charge in [0.15, 0.2) is 5.96 Å². The first-order valence-corrected chi connectivity index (χ1v) is 11.8. The second-order valence-electron chi connectivity index (χ2n) is 8.63. The average Bonchev–Trinajstić information content (AvgIpc) is 3.35. The molecule has 33 heavy (non-hydrogen) atoms. The normalized spacial score (nSPS) is 18.8. The molecule has 2 aliphatic heterocycles. The Morgan fingerprint density at radius 2 is 1.55 bits per heavy atom. The van der Waals surface area contributed by atoms with Gasteiger partial charge in [-0.15, -0.1) is 24.0 Å². The summed E-state index contributed by atoms with van der Waals surface area (Å²) in [7, 11) is 1.88. The molecule has 3 heterocycles. The van der Waals surface area contributed by atoms with Gasteiger partial charge in [0, 0.05) is 85.1 Å². The summed E-state index contributed by atoms with van der Waals surface area (Å²) in [5.74, 6) is 0.984. The van der Waals surface area contributed by atoms with E-state index in [4.69, 9.17) is 4.52 Å². The number of hydrogen-bond donors (Lipinski definition) is 1. The first-order chi connectivity index (χ1) is 15.7. The minimum Gasteiger partial charge on any atom is -0.364 e. The van der Waals surface area contributed by atoms with Crippen LogP contribution in [0.3, 0.4) is 0 Å². The smallest absolute Gasteiger partial charge is 0.194 e. The van der Waals surface area contributed by atoms with Crippen molar-refractivity contribution in [1.82, 2.24) is 30.1 Å². The van der Waals surface area contributed by atoms with Gasteiger partial charge in [-0.25, -0.2) is 0 Å². The summed E-state index contributed by atoms with van der Waals surface area (Å²) < 4.78 is 4.95. The molecule has 0 radical (unpaired) electrons. The minimum absolute atomic E-state index is 0. The van der Waals surface area contributed by atoms with Crippen molar-refractivity contribution in [2.24, 2.45) is 4.99 Å². The number of nitrogens with zero attached hydrogens (tertiary/aromatic N) is 6. The Morgan fingerprint density at radius 1 is 0.909 bits per heavy atom. The van der Waals surface area contributed by atoms with Crippen LogP contribution in [0.4, 0.5) is 0 Å². The van der Waals surface area contributed by atoms with Crippen molar-refractivity contribution in [2.45, 2.75) is 26.6 Å². The van der Waals surface area contributed by atoms with Gasteiger partial charge in [-0.3, -0.25) is 14.8 Å². The Bertz CT molecular complexity index is 844. The zero-order valence-corrected chi connectivity index (χ0v) is 22.3. The van der Waals surface area contributed by atoms with E-state index in [1.807, 2.05) is 13.1 Å². The quantitative estimate of drug-likeness (QED) is 0.313. The van der Waals surface area contributed by atoms with Crippen molar-refractivity contribution in [3.05, 3.63) is 53.4 Å². The largest absolute Gasteiger partial charge is 0.364 e. The number of halogens is 1. The van der Waals surface area contributed by atoms with Gasteiger partial charge in [0.25, 0.3) is 0 Å². The molecular weight excluding hydrogens is 529 g/mol. The van der Waals surface area contributed by atoms with Crippen molar-refractivity contribution < 1.29 is 4.52 Å². The number of piperazine rings is 2. The lowest BCUT2D eigenvalue weighted by Gasteiger charge is -2.36. The predicted octanol–water partition coefficient (Wildman–Crippen LogP) is 2.32. The lowest BCUT2D eigenvalue weighted by Crippen LogP contribution is -2.52. The second-order valence-corrected chi connectivity index (χ2v) is 8.63. The van der Waals surface area contributed by atoms with Crippen molar-refractivity contribution in [3.63, 3.8) is 0 Å². The lowest BCUT2D eigenvalue weighted by atomic mass is 10.1. The first-order valence-electron chi connectivity index (χ1n) is 11.8. The second kappa shape index (κ2) is 13.3. The van der Waals surface area contributed by atoms with E-state index in [1.165, 1.54) is 24.2 Å². The molecule has 0 amide bonds.